The monoisotopic (exact) mass is 377 g/mol. The smallest absolute Gasteiger partial charge is 0.222 e. The lowest BCUT2D eigenvalue weighted by atomic mass is 10.0. The van der Waals surface area contributed by atoms with E-state index in [1.807, 2.05) is 24.4 Å². The van der Waals surface area contributed by atoms with Crippen LogP contribution in [0.5, 0.6) is 0 Å². The van der Waals surface area contributed by atoms with E-state index in [1.165, 1.54) is 0 Å². The summed E-state index contributed by atoms with van der Waals surface area (Å²) in [6.07, 6.45) is 2.39. The standard InChI is InChI=1S/C20H23N7O/c28-16-10-14(11-22-16)24-20-17-18(27-8-6-21-7-9-27)15(12-23-19(17)25-26-20)13-4-2-1-3-5-13/h1-5,12,14,21H,6-11H2,(H,22,28)(H2,23,24,25,26). The second-order valence-corrected chi connectivity index (χ2v) is 7.27. The molecule has 4 heterocycles. The number of fused-ring (bicyclic) bond motifs is 1. The fourth-order valence-electron chi connectivity index (χ4n) is 4.03. The minimum absolute atomic E-state index is 0.0373. The van der Waals surface area contributed by atoms with Gasteiger partial charge in [0.1, 0.15) is 0 Å². The van der Waals surface area contributed by atoms with E-state index in [-0.39, 0.29) is 11.9 Å². The van der Waals surface area contributed by atoms with Crippen LogP contribution in [0.15, 0.2) is 36.5 Å². The third-order valence-electron chi connectivity index (χ3n) is 5.40. The number of benzene rings is 1. The molecule has 1 atom stereocenters. The van der Waals surface area contributed by atoms with Gasteiger partial charge in [0.2, 0.25) is 5.91 Å². The lowest BCUT2D eigenvalue weighted by molar-refractivity contribution is -0.119. The van der Waals surface area contributed by atoms with Crippen LogP contribution in [0.3, 0.4) is 0 Å². The number of aromatic nitrogens is 3. The first-order valence-corrected chi connectivity index (χ1v) is 9.71. The molecule has 3 aromatic rings. The van der Waals surface area contributed by atoms with Gasteiger partial charge in [-0.2, -0.15) is 5.10 Å². The highest BCUT2D eigenvalue weighted by Gasteiger charge is 2.26. The number of nitrogens with one attached hydrogen (secondary N) is 4. The molecule has 2 aromatic heterocycles. The molecule has 8 heteroatoms. The molecule has 1 amide bonds. The number of hydrogen-bond acceptors (Lipinski definition) is 6. The largest absolute Gasteiger partial charge is 0.368 e. The number of nitrogens with zero attached hydrogens (tertiary/aromatic N) is 3. The van der Waals surface area contributed by atoms with E-state index in [4.69, 9.17) is 0 Å². The van der Waals surface area contributed by atoms with Gasteiger partial charge in [0, 0.05) is 50.9 Å². The van der Waals surface area contributed by atoms with Crippen molar-refractivity contribution in [3.63, 3.8) is 0 Å². The highest BCUT2D eigenvalue weighted by atomic mass is 16.1. The Balaban J connectivity index is 1.65. The zero-order chi connectivity index (χ0) is 18.9. The topological polar surface area (TPSA) is 98.0 Å². The van der Waals surface area contributed by atoms with Gasteiger partial charge in [0.15, 0.2) is 11.5 Å². The molecule has 5 rings (SSSR count). The maximum atomic E-state index is 11.6. The zero-order valence-corrected chi connectivity index (χ0v) is 15.5. The number of rotatable bonds is 4. The molecule has 0 radical (unpaired) electrons. The zero-order valence-electron chi connectivity index (χ0n) is 15.5. The van der Waals surface area contributed by atoms with E-state index in [0.29, 0.717) is 13.0 Å². The summed E-state index contributed by atoms with van der Waals surface area (Å²) in [5, 5.41) is 18.3. The molecule has 1 unspecified atom stereocenters. The molecule has 0 spiro atoms. The third kappa shape index (κ3) is 3.05. The minimum Gasteiger partial charge on any atom is -0.368 e. The van der Waals surface area contributed by atoms with Gasteiger partial charge in [-0.05, 0) is 5.56 Å². The Hall–Kier alpha value is -3.13. The van der Waals surface area contributed by atoms with Gasteiger partial charge in [0.25, 0.3) is 0 Å². The van der Waals surface area contributed by atoms with Crippen molar-refractivity contribution in [1.29, 1.82) is 0 Å². The molecule has 0 saturated carbocycles. The summed E-state index contributed by atoms with van der Waals surface area (Å²) >= 11 is 0. The van der Waals surface area contributed by atoms with Gasteiger partial charge in [-0.15, -0.1) is 0 Å². The number of aromatic amines is 1. The number of carbonyl (C=O) groups excluding carboxylic acids is 1. The van der Waals surface area contributed by atoms with Crippen molar-refractivity contribution in [2.24, 2.45) is 0 Å². The van der Waals surface area contributed by atoms with E-state index in [0.717, 1.165) is 59.8 Å². The number of piperazine rings is 1. The predicted octanol–water partition coefficient (Wildman–Crippen LogP) is 1.33. The molecule has 4 N–H and O–H groups in total. The van der Waals surface area contributed by atoms with Gasteiger partial charge < -0.3 is 20.9 Å². The van der Waals surface area contributed by atoms with E-state index in [1.54, 1.807) is 0 Å². The first kappa shape index (κ1) is 17.0. The fourth-order valence-corrected chi connectivity index (χ4v) is 4.03. The molecule has 144 valence electrons. The van der Waals surface area contributed by atoms with Crippen molar-refractivity contribution in [2.45, 2.75) is 12.5 Å². The molecule has 1 aromatic carbocycles. The molecule has 2 saturated heterocycles. The number of anilines is 2. The van der Waals surface area contributed by atoms with Crippen LogP contribution in [0, 0.1) is 0 Å². The Morgan fingerprint density at radius 2 is 1.96 bits per heavy atom. The summed E-state index contributed by atoms with van der Waals surface area (Å²) in [6, 6.07) is 10.4. The predicted molar refractivity (Wildman–Crippen MR) is 109 cm³/mol. The van der Waals surface area contributed by atoms with Crippen LogP contribution in [-0.2, 0) is 4.79 Å². The summed E-state index contributed by atoms with van der Waals surface area (Å²) in [7, 11) is 0. The second-order valence-electron chi connectivity index (χ2n) is 7.27. The van der Waals surface area contributed by atoms with Gasteiger partial charge >= 0.3 is 0 Å². The van der Waals surface area contributed by atoms with Crippen molar-refractivity contribution < 1.29 is 4.79 Å². The number of pyridine rings is 1. The van der Waals surface area contributed by atoms with Crippen LogP contribution in [0.25, 0.3) is 22.2 Å². The minimum atomic E-state index is 0.0373. The molecule has 2 aliphatic heterocycles. The molecule has 2 aliphatic rings. The Kier molecular flexibility index (Phi) is 4.32. The molecule has 8 nitrogen and oxygen atoms in total. The van der Waals surface area contributed by atoms with Crippen molar-refractivity contribution in [3.05, 3.63) is 36.5 Å². The molecule has 0 bridgehead atoms. The van der Waals surface area contributed by atoms with Crippen LogP contribution >= 0.6 is 0 Å². The number of amides is 1. The van der Waals surface area contributed by atoms with Crippen molar-refractivity contribution >= 4 is 28.4 Å². The third-order valence-corrected chi connectivity index (χ3v) is 5.40. The van der Waals surface area contributed by atoms with Crippen LogP contribution in [0.2, 0.25) is 0 Å². The maximum absolute atomic E-state index is 11.6. The Bertz CT molecular complexity index is 994. The second kappa shape index (κ2) is 7.12. The molecular formula is C20H23N7O. The molecule has 0 aliphatic carbocycles. The quantitative estimate of drug-likeness (QED) is 0.548. The van der Waals surface area contributed by atoms with E-state index in [9.17, 15) is 4.79 Å². The first-order valence-electron chi connectivity index (χ1n) is 9.71. The Morgan fingerprint density at radius 1 is 1.14 bits per heavy atom. The summed E-state index contributed by atoms with van der Waals surface area (Å²) in [4.78, 5) is 18.6. The van der Waals surface area contributed by atoms with Crippen molar-refractivity contribution in [3.8, 4) is 11.1 Å². The number of hydrogen-bond donors (Lipinski definition) is 4. The summed E-state index contributed by atoms with van der Waals surface area (Å²) in [6.45, 7) is 4.35. The summed E-state index contributed by atoms with van der Waals surface area (Å²) in [5.41, 5.74) is 4.13. The lowest BCUT2D eigenvalue weighted by Gasteiger charge is -2.32. The van der Waals surface area contributed by atoms with Gasteiger partial charge in [-0.25, -0.2) is 4.98 Å². The first-order chi connectivity index (χ1) is 13.8. The number of carbonyl (C=O) groups is 1. The average molecular weight is 377 g/mol. The molecule has 28 heavy (non-hydrogen) atoms. The maximum Gasteiger partial charge on any atom is 0.222 e. The van der Waals surface area contributed by atoms with Gasteiger partial charge in [-0.3, -0.25) is 9.89 Å². The van der Waals surface area contributed by atoms with Gasteiger partial charge in [0.05, 0.1) is 17.1 Å². The lowest BCUT2D eigenvalue weighted by Crippen LogP contribution is -2.43. The highest BCUT2D eigenvalue weighted by Crippen LogP contribution is 2.39. The molecule has 2 fully saturated rings. The SMILES string of the molecule is O=C1CC(Nc2n[nH]c3ncc(-c4ccccc4)c(N4CCNCC4)c23)CN1. The summed E-state index contributed by atoms with van der Waals surface area (Å²) < 4.78 is 0. The van der Waals surface area contributed by atoms with Crippen LogP contribution in [0.1, 0.15) is 6.42 Å². The van der Waals surface area contributed by atoms with Crippen LogP contribution in [0.4, 0.5) is 11.5 Å². The van der Waals surface area contributed by atoms with Crippen molar-refractivity contribution in [1.82, 2.24) is 25.8 Å². The van der Waals surface area contributed by atoms with Gasteiger partial charge in [-0.1, -0.05) is 30.3 Å². The van der Waals surface area contributed by atoms with E-state index < -0.39 is 0 Å². The van der Waals surface area contributed by atoms with Crippen LogP contribution < -0.4 is 20.9 Å². The number of H-pyrrole nitrogens is 1. The normalized spacial score (nSPS) is 19.8. The van der Waals surface area contributed by atoms with Crippen molar-refractivity contribution in [2.75, 3.05) is 42.9 Å². The van der Waals surface area contributed by atoms with E-state index in [2.05, 4.69) is 48.2 Å². The highest BCUT2D eigenvalue weighted by molar-refractivity contribution is 6.05. The van der Waals surface area contributed by atoms with E-state index >= 15 is 0 Å². The average Bonchev–Trinajstić information content (AvgIpc) is 3.35. The Labute approximate surface area is 162 Å². The summed E-state index contributed by atoms with van der Waals surface area (Å²) in [5.74, 6) is 0.832. The van der Waals surface area contributed by atoms with Crippen LogP contribution in [-0.4, -0.2) is 59.9 Å². The fraction of sp³-hybridized carbons (Fsp3) is 0.350. The Morgan fingerprint density at radius 3 is 2.71 bits per heavy atom. The molecular weight excluding hydrogens is 354 g/mol.